The van der Waals surface area contributed by atoms with Gasteiger partial charge in [0.05, 0.1) is 12.3 Å². The monoisotopic (exact) mass is 280 g/mol. The molecular formula is C10H12N6O2S. The molecule has 2 rings (SSSR count). The van der Waals surface area contributed by atoms with Crippen molar-refractivity contribution in [1.82, 2.24) is 21.4 Å². The van der Waals surface area contributed by atoms with Crippen molar-refractivity contribution in [1.29, 1.82) is 0 Å². The van der Waals surface area contributed by atoms with Crippen LogP contribution in [0.25, 0.3) is 0 Å². The maximum Gasteiger partial charge on any atom is 0.356 e. The summed E-state index contributed by atoms with van der Waals surface area (Å²) in [4.78, 5) is 27.3. The van der Waals surface area contributed by atoms with Crippen molar-refractivity contribution in [2.45, 2.75) is 6.92 Å². The maximum atomic E-state index is 11.4. The van der Waals surface area contributed by atoms with E-state index >= 15 is 0 Å². The number of nitrogens with zero attached hydrogens (tertiary/aromatic N) is 3. The number of carbonyl (C=O) groups excluding carboxylic acids is 2. The van der Waals surface area contributed by atoms with E-state index in [9.17, 15) is 9.59 Å². The van der Waals surface area contributed by atoms with Crippen molar-refractivity contribution >= 4 is 35.3 Å². The molecule has 19 heavy (non-hydrogen) atoms. The van der Waals surface area contributed by atoms with Gasteiger partial charge in [-0.2, -0.15) is 10.1 Å². The second kappa shape index (κ2) is 6.07. The highest BCUT2D eigenvalue weighted by Crippen LogP contribution is 2.04. The summed E-state index contributed by atoms with van der Waals surface area (Å²) in [5.74, 6) is 0. The summed E-state index contributed by atoms with van der Waals surface area (Å²) in [6.45, 7) is 2.03. The highest BCUT2D eigenvalue weighted by atomic mass is 32.1. The van der Waals surface area contributed by atoms with Gasteiger partial charge in [-0.1, -0.05) is 6.07 Å². The lowest BCUT2D eigenvalue weighted by Crippen LogP contribution is -2.57. The van der Waals surface area contributed by atoms with Crippen molar-refractivity contribution < 1.29 is 9.59 Å². The van der Waals surface area contributed by atoms with Crippen LogP contribution in [0.15, 0.2) is 27.6 Å². The molecule has 9 heteroatoms. The molecule has 0 aromatic carbocycles. The number of carbonyl (C=O) groups is 2. The third kappa shape index (κ3) is 3.86. The van der Waals surface area contributed by atoms with Gasteiger partial charge in [-0.3, -0.25) is 5.43 Å². The van der Waals surface area contributed by atoms with Gasteiger partial charge in [0.25, 0.3) is 0 Å². The van der Waals surface area contributed by atoms with Crippen LogP contribution in [0.2, 0.25) is 0 Å². The molecule has 0 fully saturated rings. The molecule has 4 amide bonds. The summed E-state index contributed by atoms with van der Waals surface area (Å²) in [5.41, 5.74) is 7.75. The Balaban J connectivity index is 1.80. The summed E-state index contributed by atoms with van der Waals surface area (Å²) in [7, 11) is 0. The normalized spacial score (nSPS) is 15.3. The number of urea groups is 2. The Hall–Kier alpha value is -2.26. The average Bonchev–Trinajstić information content (AvgIpc) is 2.90. The van der Waals surface area contributed by atoms with Gasteiger partial charge in [0.1, 0.15) is 0 Å². The number of hydrazine groups is 2. The van der Waals surface area contributed by atoms with Crippen molar-refractivity contribution in [2.24, 2.45) is 10.1 Å². The van der Waals surface area contributed by atoms with E-state index in [-0.39, 0.29) is 6.54 Å². The van der Waals surface area contributed by atoms with Gasteiger partial charge in [-0.25, -0.2) is 20.0 Å². The van der Waals surface area contributed by atoms with E-state index in [4.69, 9.17) is 0 Å². The predicted octanol–water partition coefficient (Wildman–Crippen LogP) is 0.697. The molecule has 0 saturated carbocycles. The predicted molar refractivity (Wildman–Crippen MR) is 71.9 cm³/mol. The molecular weight excluding hydrogens is 268 g/mol. The molecule has 3 N–H and O–H groups in total. The van der Waals surface area contributed by atoms with Crippen LogP contribution in [0.3, 0.4) is 0 Å². The minimum atomic E-state index is -0.596. The van der Waals surface area contributed by atoms with Crippen molar-refractivity contribution in [3.63, 3.8) is 0 Å². The number of rotatable bonds is 3. The second-order valence-corrected chi connectivity index (χ2v) is 4.65. The van der Waals surface area contributed by atoms with Gasteiger partial charge >= 0.3 is 12.1 Å². The molecule has 1 aliphatic rings. The summed E-state index contributed by atoms with van der Waals surface area (Å²) >= 11 is 1.47. The van der Waals surface area contributed by atoms with Crippen LogP contribution >= 0.6 is 11.3 Å². The highest BCUT2D eigenvalue weighted by molar-refractivity contribution is 7.11. The fraction of sp³-hybridized carbons (Fsp3) is 0.200. The average molecular weight is 280 g/mol. The Labute approximate surface area is 113 Å². The molecule has 1 aliphatic heterocycles. The van der Waals surface area contributed by atoms with Gasteiger partial charge in [-0.05, 0) is 18.4 Å². The first-order valence-electron chi connectivity index (χ1n) is 5.39. The van der Waals surface area contributed by atoms with Crippen molar-refractivity contribution in [3.8, 4) is 0 Å². The van der Waals surface area contributed by atoms with E-state index in [1.807, 2.05) is 17.5 Å². The van der Waals surface area contributed by atoms with Crippen LogP contribution in [-0.2, 0) is 0 Å². The number of nitrogens with one attached hydrogen (secondary N) is 3. The maximum absolute atomic E-state index is 11.4. The smallest absolute Gasteiger partial charge is 0.253 e. The Morgan fingerprint density at radius 1 is 1.68 bits per heavy atom. The van der Waals surface area contributed by atoms with Crippen molar-refractivity contribution in [2.75, 3.05) is 6.54 Å². The van der Waals surface area contributed by atoms with Gasteiger partial charge in [0, 0.05) is 11.1 Å². The molecule has 0 saturated heterocycles. The quantitative estimate of drug-likeness (QED) is 0.561. The van der Waals surface area contributed by atoms with E-state index in [0.717, 1.165) is 4.88 Å². The Bertz CT molecular complexity index is 524. The van der Waals surface area contributed by atoms with E-state index in [0.29, 0.717) is 5.71 Å². The van der Waals surface area contributed by atoms with E-state index in [1.54, 1.807) is 6.92 Å². The third-order valence-electron chi connectivity index (χ3n) is 2.12. The lowest BCUT2D eigenvalue weighted by atomic mass is 10.4. The van der Waals surface area contributed by atoms with Crippen LogP contribution < -0.4 is 16.4 Å². The van der Waals surface area contributed by atoms with Gasteiger partial charge < -0.3 is 0 Å². The molecule has 8 nitrogen and oxygen atoms in total. The van der Waals surface area contributed by atoms with Crippen LogP contribution in [0.4, 0.5) is 9.59 Å². The van der Waals surface area contributed by atoms with Crippen LogP contribution in [-0.4, -0.2) is 35.5 Å². The number of aliphatic imine (C=N–C) groups is 1. The first-order chi connectivity index (χ1) is 9.15. The number of hydrogen-bond acceptors (Lipinski definition) is 5. The molecule has 1 aromatic heterocycles. The Morgan fingerprint density at radius 2 is 2.53 bits per heavy atom. The molecule has 0 aliphatic carbocycles. The van der Waals surface area contributed by atoms with E-state index in [1.165, 1.54) is 22.6 Å². The number of hydrogen-bond donors (Lipinski definition) is 3. The molecule has 2 heterocycles. The third-order valence-corrected chi connectivity index (χ3v) is 2.93. The topological polar surface area (TPSA) is 98.2 Å². The molecule has 0 radical (unpaired) electrons. The second-order valence-electron chi connectivity index (χ2n) is 3.67. The highest BCUT2D eigenvalue weighted by Gasteiger charge is 2.18. The number of amides is 4. The molecule has 0 unspecified atom stereocenters. The molecule has 0 bridgehead atoms. The fourth-order valence-electron chi connectivity index (χ4n) is 1.26. The zero-order valence-electron chi connectivity index (χ0n) is 10.1. The van der Waals surface area contributed by atoms with Crippen LogP contribution in [0.5, 0.6) is 0 Å². The van der Waals surface area contributed by atoms with E-state index < -0.39 is 12.1 Å². The lowest BCUT2D eigenvalue weighted by molar-refractivity contribution is 0.163. The first kappa shape index (κ1) is 13.2. The molecule has 1 aromatic rings. The Kier molecular flexibility index (Phi) is 4.21. The minimum absolute atomic E-state index is 0.279. The summed E-state index contributed by atoms with van der Waals surface area (Å²) in [6.07, 6.45) is 1.45. The van der Waals surface area contributed by atoms with Gasteiger partial charge in [0.15, 0.2) is 0 Å². The standard InChI is InChI=1S/C10H12N6O2S/c1-7-6-16(10(18)14-12-7)15-13-9(17)11-5-8-3-2-4-19-8/h2-5,15H,6H2,1H3,(H,13,17)(H,14,18)/b11-5+. The molecule has 0 spiro atoms. The summed E-state index contributed by atoms with van der Waals surface area (Å²) in [5, 5.41) is 6.82. The van der Waals surface area contributed by atoms with Gasteiger partial charge in [-0.15, -0.1) is 16.9 Å². The largest absolute Gasteiger partial charge is 0.356 e. The van der Waals surface area contributed by atoms with Crippen molar-refractivity contribution in [3.05, 3.63) is 22.4 Å². The van der Waals surface area contributed by atoms with Gasteiger partial charge in [0.2, 0.25) is 0 Å². The SMILES string of the molecule is CC1=NNC(=O)N(NNC(=O)/N=C/c2cccs2)C1. The zero-order chi connectivity index (χ0) is 13.7. The van der Waals surface area contributed by atoms with Crippen LogP contribution in [0.1, 0.15) is 11.8 Å². The minimum Gasteiger partial charge on any atom is -0.253 e. The first-order valence-corrected chi connectivity index (χ1v) is 6.27. The van der Waals surface area contributed by atoms with Crippen LogP contribution in [0, 0.1) is 0 Å². The number of hydrazone groups is 1. The zero-order valence-corrected chi connectivity index (χ0v) is 10.9. The number of thiophene rings is 1. The van der Waals surface area contributed by atoms with E-state index in [2.05, 4.69) is 26.5 Å². The summed E-state index contributed by atoms with van der Waals surface area (Å²) < 4.78 is 0. The molecule has 100 valence electrons. The summed E-state index contributed by atoms with van der Waals surface area (Å²) in [6, 6.07) is 2.66. The Morgan fingerprint density at radius 3 is 3.26 bits per heavy atom. The lowest BCUT2D eigenvalue weighted by Gasteiger charge is -2.25. The fourth-order valence-corrected chi connectivity index (χ4v) is 1.85. The molecule has 0 atom stereocenters.